The lowest BCUT2D eigenvalue weighted by Gasteiger charge is -2.39. The lowest BCUT2D eigenvalue weighted by molar-refractivity contribution is -0.132. The summed E-state index contributed by atoms with van der Waals surface area (Å²) in [5.74, 6) is 0.649. The van der Waals surface area contributed by atoms with Gasteiger partial charge in [-0.25, -0.2) is 4.98 Å². The number of methoxy groups -OCH3 is 2. The normalized spacial score (nSPS) is 18.1. The fourth-order valence-corrected chi connectivity index (χ4v) is 6.46. The molecular formula is C33H38Cl2N6O6. The van der Waals surface area contributed by atoms with E-state index in [2.05, 4.69) is 16.9 Å². The summed E-state index contributed by atoms with van der Waals surface area (Å²) in [6.45, 7) is 6.27. The van der Waals surface area contributed by atoms with Crippen LogP contribution in [-0.4, -0.2) is 103 Å². The zero-order valence-corrected chi connectivity index (χ0v) is 28.3. The van der Waals surface area contributed by atoms with Crippen LogP contribution in [0.15, 0.2) is 47.9 Å². The second-order valence-corrected chi connectivity index (χ2v) is 12.7. The van der Waals surface area contributed by atoms with Gasteiger partial charge in [0.2, 0.25) is 11.9 Å². The van der Waals surface area contributed by atoms with Gasteiger partial charge in [0.15, 0.2) is 5.78 Å². The van der Waals surface area contributed by atoms with Crippen LogP contribution < -0.4 is 20.3 Å². The number of fused-ring (bicyclic) bond motifs is 1. The molecular weight excluding hydrogens is 647 g/mol. The van der Waals surface area contributed by atoms with Crippen LogP contribution in [0, 0.1) is 11.8 Å². The van der Waals surface area contributed by atoms with E-state index in [0.29, 0.717) is 61.3 Å². The first-order chi connectivity index (χ1) is 22.5. The molecule has 1 amide bonds. The molecule has 1 aromatic carbocycles. The smallest absolute Gasteiger partial charge is 0.260 e. The Balaban J connectivity index is 1.53. The summed E-state index contributed by atoms with van der Waals surface area (Å²) >= 11 is 13.5. The molecule has 14 heteroatoms. The van der Waals surface area contributed by atoms with Gasteiger partial charge in [-0.1, -0.05) is 35.9 Å². The molecule has 2 fully saturated rings. The molecule has 0 saturated carbocycles. The van der Waals surface area contributed by atoms with Crippen molar-refractivity contribution in [3.8, 4) is 22.6 Å². The van der Waals surface area contributed by atoms with Crippen molar-refractivity contribution in [3.05, 3.63) is 63.5 Å². The molecule has 0 aliphatic carbocycles. The predicted molar refractivity (Wildman–Crippen MR) is 182 cm³/mol. The van der Waals surface area contributed by atoms with Gasteiger partial charge in [-0.2, -0.15) is 4.98 Å². The van der Waals surface area contributed by atoms with E-state index in [1.54, 1.807) is 33.9 Å². The van der Waals surface area contributed by atoms with E-state index in [0.717, 1.165) is 0 Å². The van der Waals surface area contributed by atoms with Gasteiger partial charge in [0.05, 0.1) is 49.1 Å². The van der Waals surface area contributed by atoms with E-state index >= 15 is 0 Å². The summed E-state index contributed by atoms with van der Waals surface area (Å²) in [6.07, 6.45) is 6.62. The van der Waals surface area contributed by atoms with Crippen molar-refractivity contribution in [2.75, 3.05) is 66.5 Å². The molecule has 2 atom stereocenters. The van der Waals surface area contributed by atoms with E-state index in [-0.39, 0.29) is 69.3 Å². The van der Waals surface area contributed by atoms with Crippen molar-refractivity contribution < 1.29 is 23.8 Å². The number of likely N-dealkylation sites (N-methyl/N-ethyl adjacent to an activating group) is 1. The Labute approximate surface area is 282 Å². The first-order valence-electron chi connectivity index (χ1n) is 15.1. The number of pyridine rings is 1. The van der Waals surface area contributed by atoms with Gasteiger partial charge in [-0.05, 0) is 26.2 Å². The van der Waals surface area contributed by atoms with E-state index < -0.39 is 0 Å². The summed E-state index contributed by atoms with van der Waals surface area (Å²) in [5, 5.41) is 4.18. The number of hydrogen-bond donors (Lipinski definition) is 1. The number of anilines is 1. The minimum absolute atomic E-state index is 0.00737. The van der Waals surface area contributed by atoms with E-state index in [1.807, 2.05) is 25.1 Å². The summed E-state index contributed by atoms with van der Waals surface area (Å²) in [6, 6.07) is 3.01. The molecule has 47 heavy (non-hydrogen) atoms. The third-order valence-electron chi connectivity index (χ3n) is 8.31. The topological polar surface area (TPSA) is 128 Å². The monoisotopic (exact) mass is 684 g/mol. The number of carbonyl (C=O) groups is 2. The molecule has 12 nitrogen and oxygen atoms in total. The van der Waals surface area contributed by atoms with Crippen molar-refractivity contribution in [1.29, 1.82) is 0 Å². The number of carbonyl (C=O) groups excluding carboxylic acids is 2. The van der Waals surface area contributed by atoms with Gasteiger partial charge >= 0.3 is 0 Å². The first-order valence-corrected chi connectivity index (χ1v) is 15.9. The zero-order chi connectivity index (χ0) is 33.8. The number of rotatable bonds is 13. The van der Waals surface area contributed by atoms with Crippen LogP contribution >= 0.6 is 23.2 Å². The Hall–Kier alpha value is -3.97. The lowest BCUT2D eigenvalue weighted by Crippen LogP contribution is -2.51. The Kier molecular flexibility index (Phi) is 10.9. The van der Waals surface area contributed by atoms with Gasteiger partial charge in [-0.3, -0.25) is 19.0 Å². The van der Waals surface area contributed by atoms with E-state index in [4.69, 9.17) is 42.4 Å². The molecule has 0 spiro atoms. The standard InChI is InChI=1S/C33H38Cl2N6O6/c1-6-22(42)10-21-17-47-18-24(21)37-33-36-13-20-11-23(28-29(34)25(45-4)12-26(46-5)30(28)35)32(44)41(31(20)38-33)16-19-14-40(15-19)27(43)8-7-9-39(2)3/h6-8,11-13,19,21,24H,1,9-10,14-18H2,2-5H3,(H,36,37,38)/b8-7+. The van der Waals surface area contributed by atoms with Crippen LogP contribution in [0.4, 0.5) is 5.95 Å². The van der Waals surface area contributed by atoms with Crippen LogP contribution in [0.25, 0.3) is 22.2 Å². The minimum atomic E-state index is -0.379. The minimum Gasteiger partial charge on any atom is -0.495 e. The van der Waals surface area contributed by atoms with Gasteiger partial charge in [0.1, 0.15) is 17.1 Å². The largest absolute Gasteiger partial charge is 0.495 e. The molecule has 2 aliphatic rings. The molecule has 4 heterocycles. The first kappa shape index (κ1) is 34.4. The number of aromatic nitrogens is 3. The van der Waals surface area contributed by atoms with Crippen molar-refractivity contribution in [3.63, 3.8) is 0 Å². The number of likely N-dealkylation sites (tertiary alicyclic amines) is 1. The van der Waals surface area contributed by atoms with Crippen molar-refractivity contribution in [2.24, 2.45) is 11.8 Å². The van der Waals surface area contributed by atoms with Crippen molar-refractivity contribution in [2.45, 2.75) is 19.0 Å². The SMILES string of the molecule is C=CC(=O)CC1COCC1Nc1ncc2cc(-c3c(Cl)c(OC)cc(OC)c3Cl)c(=O)n(CC3CN(C(=O)/C=C/CN(C)C)C3)c2n1. The molecule has 2 aliphatic heterocycles. The number of allylic oxidation sites excluding steroid dienone is 1. The summed E-state index contributed by atoms with van der Waals surface area (Å²) in [5.41, 5.74) is 0.504. The number of nitrogens with zero attached hydrogens (tertiary/aromatic N) is 5. The fraction of sp³-hybridized carbons (Fsp3) is 0.424. The molecule has 1 N–H and O–H groups in total. The summed E-state index contributed by atoms with van der Waals surface area (Å²) in [4.78, 5) is 52.1. The lowest BCUT2D eigenvalue weighted by atomic mass is 9.97. The molecule has 3 aromatic rings. The van der Waals surface area contributed by atoms with Crippen LogP contribution in [0.3, 0.4) is 0 Å². The Bertz CT molecular complexity index is 1740. The van der Waals surface area contributed by atoms with Gasteiger partial charge in [0, 0.05) is 73.7 Å². The number of amides is 1. The number of hydrogen-bond acceptors (Lipinski definition) is 10. The number of halogens is 2. The highest BCUT2D eigenvalue weighted by atomic mass is 35.5. The molecule has 0 bridgehead atoms. The maximum Gasteiger partial charge on any atom is 0.260 e. The number of nitrogens with one attached hydrogen (secondary N) is 1. The average Bonchev–Trinajstić information content (AvgIpc) is 3.45. The second kappa shape index (κ2) is 14.8. The van der Waals surface area contributed by atoms with Crippen LogP contribution in [0.2, 0.25) is 10.0 Å². The highest BCUT2D eigenvalue weighted by Crippen LogP contribution is 2.45. The third kappa shape index (κ3) is 7.46. The van der Waals surface area contributed by atoms with Gasteiger partial charge < -0.3 is 29.3 Å². The Morgan fingerprint density at radius 3 is 2.49 bits per heavy atom. The quantitative estimate of drug-likeness (QED) is 0.265. The highest BCUT2D eigenvalue weighted by Gasteiger charge is 2.33. The van der Waals surface area contributed by atoms with E-state index in [1.165, 1.54) is 20.3 Å². The van der Waals surface area contributed by atoms with Crippen LogP contribution in [0.1, 0.15) is 6.42 Å². The molecule has 2 saturated heterocycles. The van der Waals surface area contributed by atoms with Gasteiger partial charge in [0.25, 0.3) is 5.56 Å². The highest BCUT2D eigenvalue weighted by molar-refractivity contribution is 6.41. The number of ketones is 1. The zero-order valence-electron chi connectivity index (χ0n) is 26.8. The summed E-state index contributed by atoms with van der Waals surface area (Å²) < 4.78 is 18.1. The van der Waals surface area contributed by atoms with Crippen molar-refractivity contribution >= 4 is 51.9 Å². The second-order valence-electron chi connectivity index (χ2n) is 11.9. The van der Waals surface area contributed by atoms with Gasteiger partial charge in [-0.15, -0.1) is 0 Å². The van der Waals surface area contributed by atoms with Crippen LogP contribution in [-0.2, 0) is 20.9 Å². The third-order valence-corrected chi connectivity index (χ3v) is 9.06. The maximum atomic E-state index is 14.4. The van der Waals surface area contributed by atoms with Crippen molar-refractivity contribution in [1.82, 2.24) is 24.3 Å². The number of ether oxygens (including phenoxy) is 3. The molecule has 2 aromatic heterocycles. The predicted octanol–water partition coefficient (Wildman–Crippen LogP) is 3.93. The molecule has 5 rings (SSSR count). The van der Waals surface area contributed by atoms with E-state index in [9.17, 15) is 14.4 Å². The molecule has 0 radical (unpaired) electrons. The summed E-state index contributed by atoms with van der Waals surface area (Å²) in [7, 11) is 6.79. The average molecular weight is 686 g/mol. The molecule has 250 valence electrons. The maximum absolute atomic E-state index is 14.4. The number of benzene rings is 1. The van der Waals surface area contributed by atoms with Crippen LogP contribution in [0.5, 0.6) is 11.5 Å². The Morgan fingerprint density at radius 2 is 1.85 bits per heavy atom. The fourth-order valence-electron chi connectivity index (χ4n) is 5.76. The molecule has 2 unspecified atom stereocenters. The Morgan fingerprint density at radius 1 is 1.15 bits per heavy atom.